The molecular formula is C31H50N6O10. The van der Waals surface area contributed by atoms with Gasteiger partial charge in [-0.2, -0.15) is 0 Å². The van der Waals surface area contributed by atoms with E-state index >= 15 is 0 Å². The molecule has 0 saturated carbocycles. The van der Waals surface area contributed by atoms with Crippen molar-refractivity contribution in [1.82, 2.24) is 26.6 Å². The monoisotopic (exact) mass is 666 g/mol. The van der Waals surface area contributed by atoms with Gasteiger partial charge in [-0.05, 0) is 43.4 Å². The summed E-state index contributed by atoms with van der Waals surface area (Å²) in [6, 6.07) is 4.95. The molecule has 1 rings (SSSR count). The number of hydrogen-bond donors (Lipinski definition) is 7. The molecule has 16 heteroatoms. The average Bonchev–Trinajstić information content (AvgIpc) is 3.03. The van der Waals surface area contributed by atoms with Gasteiger partial charge in [0.2, 0.25) is 23.6 Å². The van der Waals surface area contributed by atoms with Crippen molar-refractivity contribution >= 4 is 29.4 Å². The normalized spacial score (nSPS) is 12.2. The minimum absolute atomic E-state index is 0.101. The van der Waals surface area contributed by atoms with Crippen molar-refractivity contribution in [3.05, 3.63) is 36.9 Å². The lowest BCUT2D eigenvalue weighted by Crippen LogP contribution is -2.48. The summed E-state index contributed by atoms with van der Waals surface area (Å²) in [6.07, 6.45) is 1.92. The zero-order chi connectivity index (χ0) is 34.7. The lowest BCUT2D eigenvalue weighted by atomic mass is 10.0. The Kier molecular flexibility index (Phi) is 23.2. The van der Waals surface area contributed by atoms with Crippen molar-refractivity contribution in [2.45, 2.75) is 44.7 Å². The van der Waals surface area contributed by atoms with Gasteiger partial charge < -0.3 is 51.1 Å². The van der Waals surface area contributed by atoms with Gasteiger partial charge in [0.05, 0.1) is 58.3 Å². The van der Waals surface area contributed by atoms with E-state index in [4.69, 9.17) is 31.7 Å². The summed E-state index contributed by atoms with van der Waals surface area (Å²) >= 11 is 0. The van der Waals surface area contributed by atoms with E-state index in [-0.39, 0.29) is 81.9 Å². The van der Waals surface area contributed by atoms with Gasteiger partial charge in [-0.25, -0.2) is 0 Å². The highest BCUT2D eigenvalue weighted by Gasteiger charge is 2.21. The molecule has 1 aromatic rings. The third-order valence-corrected chi connectivity index (χ3v) is 6.47. The molecule has 0 aliphatic carbocycles. The maximum Gasteiger partial charge on any atom is 0.246 e. The Labute approximate surface area is 276 Å². The minimum atomic E-state index is -0.767. The fourth-order valence-corrected chi connectivity index (χ4v) is 3.96. The summed E-state index contributed by atoms with van der Waals surface area (Å²) in [6.45, 7) is 3.88. The minimum Gasteiger partial charge on any atom is -0.508 e. The van der Waals surface area contributed by atoms with Crippen LogP contribution in [0.1, 0.15) is 31.7 Å². The number of amides is 4. The topological polar surface area (TPSA) is 229 Å². The molecular weight excluding hydrogens is 616 g/mol. The molecule has 0 aromatic heterocycles. The lowest BCUT2D eigenvalue weighted by Gasteiger charge is -2.19. The molecule has 2 radical (unpaired) electrons. The van der Waals surface area contributed by atoms with Crippen LogP contribution < -0.4 is 32.3 Å². The average molecular weight is 667 g/mol. The van der Waals surface area contributed by atoms with E-state index in [1.807, 2.05) is 0 Å². The highest BCUT2D eigenvalue weighted by atomic mass is 16.5. The van der Waals surface area contributed by atoms with Crippen molar-refractivity contribution in [2.24, 2.45) is 5.73 Å². The Bertz CT molecular complexity index is 1060. The smallest absolute Gasteiger partial charge is 0.246 e. The van der Waals surface area contributed by atoms with Crippen molar-refractivity contribution in [2.75, 3.05) is 79.0 Å². The molecule has 0 aliphatic rings. The number of nitrogens with one attached hydrogen (secondary N) is 5. The Morgan fingerprint density at radius 2 is 1.32 bits per heavy atom. The number of phenolic OH excluding ortho intramolecular Hbond substituents is 1. The van der Waals surface area contributed by atoms with Crippen molar-refractivity contribution < 1.29 is 48.0 Å². The van der Waals surface area contributed by atoms with Gasteiger partial charge in [0, 0.05) is 33.6 Å². The summed E-state index contributed by atoms with van der Waals surface area (Å²) in [7, 11) is 5.56. The van der Waals surface area contributed by atoms with Crippen LogP contribution in [0, 0.1) is 7.05 Å². The molecule has 264 valence electrons. The Hall–Kier alpha value is -3.67. The second kappa shape index (κ2) is 26.4. The molecule has 0 bridgehead atoms. The predicted octanol–water partition coefficient (Wildman–Crippen LogP) is -1.82. The Morgan fingerprint density at radius 3 is 1.87 bits per heavy atom. The number of phenols is 1. The summed E-state index contributed by atoms with van der Waals surface area (Å²) in [5.41, 5.74) is 6.25. The number of ketones is 1. The number of unbranched alkanes of at least 4 members (excludes halogenated alkanes) is 1. The van der Waals surface area contributed by atoms with Crippen LogP contribution >= 0.6 is 0 Å². The molecule has 1 aromatic carbocycles. The van der Waals surface area contributed by atoms with Gasteiger partial charge in [0.1, 0.15) is 19.0 Å². The van der Waals surface area contributed by atoms with E-state index in [2.05, 4.69) is 26.6 Å². The molecule has 0 fully saturated rings. The first-order chi connectivity index (χ1) is 22.6. The van der Waals surface area contributed by atoms with Gasteiger partial charge in [-0.15, -0.1) is 0 Å². The number of rotatable bonds is 29. The largest absolute Gasteiger partial charge is 0.508 e. The van der Waals surface area contributed by atoms with Crippen LogP contribution in [0.4, 0.5) is 0 Å². The van der Waals surface area contributed by atoms with E-state index in [0.29, 0.717) is 52.1 Å². The number of primary amides is 1. The van der Waals surface area contributed by atoms with Gasteiger partial charge in [0.15, 0.2) is 5.78 Å². The van der Waals surface area contributed by atoms with Crippen LogP contribution in [-0.2, 0) is 49.3 Å². The van der Waals surface area contributed by atoms with E-state index in [9.17, 15) is 29.1 Å². The fourth-order valence-electron chi connectivity index (χ4n) is 3.96. The third kappa shape index (κ3) is 22.5. The quantitative estimate of drug-likeness (QED) is 0.0370. The summed E-state index contributed by atoms with van der Waals surface area (Å²) in [5, 5.41) is 22.8. The second-order valence-corrected chi connectivity index (χ2v) is 10.4. The van der Waals surface area contributed by atoms with Crippen molar-refractivity contribution in [3.63, 3.8) is 0 Å². The molecule has 4 amide bonds. The Balaban J connectivity index is 2.02. The third-order valence-electron chi connectivity index (χ3n) is 6.47. The van der Waals surface area contributed by atoms with E-state index < -0.39 is 18.0 Å². The molecule has 0 aliphatic heterocycles. The van der Waals surface area contributed by atoms with Gasteiger partial charge in [-0.1, -0.05) is 12.1 Å². The number of carbonyl (C=O) groups is 5. The van der Waals surface area contributed by atoms with Crippen LogP contribution in [0.25, 0.3) is 0 Å². The fraction of sp³-hybridized carbons (Fsp3) is 0.613. The first kappa shape index (κ1) is 41.4. The highest BCUT2D eigenvalue weighted by molar-refractivity contribution is 5.87. The molecule has 8 N–H and O–H groups in total. The number of benzene rings is 1. The molecule has 16 nitrogen and oxygen atoms in total. The molecule has 0 unspecified atom stereocenters. The number of aromatic hydroxyl groups is 1. The number of nitrogens with two attached hydrogens (primary N) is 1. The standard InChI is InChI=1S/C31H50N6O10/c1-23(38)34-11-13-44-15-17-47-22-30(42)36-12-14-45-16-18-46-21-29(41)35-10-4-3-5-26(33-2)28(40)20-37-27(31(32)43)19-24-6-8-25(39)9-7-24/h2,6-9,26-27,33,37,39H,3-5,10-22H2,1H3,(H2,32,43)(H,34,38)(H,35,41)(H,36,42)/t26-,27-/m0/s1. The predicted molar refractivity (Wildman–Crippen MR) is 171 cm³/mol. The first-order valence-electron chi connectivity index (χ1n) is 15.5. The summed E-state index contributed by atoms with van der Waals surface area (Å²) in [5.74, 6) is -1.41. The molecule has 2 atom stereocenters. The van der Waals surface area contributed by atoms with Gasteiger partial charge in [-0.3, -0.25) is 29.3 Å². The number of ether oxygens (including phenoxy) is 4. The van der Waals surface area contributed by atoms with Crippen LogP contribution in [-0.4, -0.2) is 126 Å². The molecule has 47 heavy (non-hydrogen) atoms. The zero-order valence-electron chi connectivity index (χ0n) is 27.1. The number of hydrogen-bond acceptors (Lipinski definition) is 12. The Morgan fingerprint density at radius 1 is 0.766 bits per heavy atom. The SMILES string of the molecule is [CH]N[C@@H](CCCCNC(=O)COCCOCCNC(=O)COCCOCCNC(C)=O)C(=O)CN[C@@H](Cc1ccc(O)cc1)C(N)=O. The summed E-state index contributed by atoms with van der Waals surface area (Å²) in [4.78, 5) is 58.8. The van der Waals surface area contributed by atoms with E-state index in [1.54, 1.807) is 12.1 Å². The maximum atomic E-state index is 12.6. The second-order valence-electron chi connectivity index (χ2n) is 10.4. The van der Waals surface area contributed by atoms with Crippen LogP contribution in [0.5, 0.6) is 5.75 Å². The maximum absolute atomic E-state index is 12.6. The molecule has 0 heterocycles. The zero-order valence-corrected chi connectivity index (χ0v) is 27.1. The van der Waals surface area contributed by atoms with E-state index in [1.165, 1.54) is 19.1 Å². The van der Waals surface area contributed by atoms with Crippen molar-refractivity contribution in [3.8, 4) is 5.75 Å². The first-order valence-corrected chi connectivity index (χ1v) is 15.5. The lowest BCUT2D eigenvalue weighted by molar-refractivity contribution is -0.127. The van der Waals surface area contributed by atoms with E-state index in [0.717, 1.165) is 5.56 Å². The van der Waals surface area contributed by atoms with Gasteiger partial charge in [0.25, 0.3) is 0 Å². The van der Waals surface area contributed by atoms with Gasteiger partial charge >= 0.3 is 0 Å². The van der Waals surface area contributed by atoms with Crippen LogP contribution in [0.3, 0.4) is 0 Å². The number of carbonyl (C=O) groups excluding carboxylic acids is 5. The number of Topliss-reactive ketones (excluding diaryl/α,β-unsaturated/α-hetero) is 1. The molecule has 0 saturated heterocycles. The molecule has 0 spiro atoms. The van der Waals surface area contributed by atoms with Crippen LogP contribution in [0.2, 0.25) is 0 Å². The highest BCUT2D eigenvalue weighted by Crippen LogP contribution is 2.11. The van der Waals surface area contributed by atoms with Crippen LogP contribution in [0.15, 0.2) is 24.3 Å². The summed E-state index contributed by atoms with van der Waals surface area (Å²) < 4.78 is 21.1. The van der Waals surface area contributed by atoms with Crippen molar-refractivity contribution in [1.29, 1.82) is 0 Å².